The average molecular weight is 569 g/mol. The first-order valence-electron chi connectivity index (χ1n) is 14.5. The van der Waals surface area contributed by atoms with Crippen molar-refractivity contribution in [3.05, 3.63) is 29.7 Å². The first-order chi connectivity index (χ1) is 19.6. The zero-order valence-electron chi connectivity index (χ0n) is 24.9. The number of rotatable bonds is 10. The standard InChI is InChI=1S/C29H44N8O4/c1-6-10-20(12-14-38)33-26-25-21(34-27(30)35-26)17-32-37(25)18-22-24(40-5)15-19(16-31-22)23-11-8-7-9-13-36(23)28(39)41-29(2,3)4/h15-17,20,23,38H,6-14,18H2,1-5H3,(H3,30,33,34,35). The lowest BCUT2D eigenvalue weighted by Gasteiger charge is -2.32. The molecule has 0 radical (unpaired) electrons. The Morgan fingerprint density at radius 3 is 2.73 bits per heavy atom. The van der Waals surface area contributed by atoms with Crippen molar-refractivity contribution in [2.45, 2.75) is 96.9 Å². The van der Waals surface area contributed by atoms with E-state index in [9.17, 15) is 9.90 Å². The summed E-state index contributed by atoms with van der Waals surface area (Å²) in [6.45, 7) is 8.77. The van der Waals surface area contributed by atoms with Crippen molar-refractivity contribution in [2.75, 3.05) is 31.3 Å². The SMILES string of the molecule is CCCC(CCO)Nc1nc(N)nc2cnn(Cc3ncc(C4CCCCCN4C(=O)OC(C)(C)C)cc3OC)c12. The number of hydrogen-bond acceptors (Lipinski definition) is 10. The van der Waals surface area contributed by atoms with Crippen molar-refractivity contribution in [3.8, 4) is 5.75 Å². The zero-order chi connectivity index (χ0) is 29.6. The number of nitrogens with two attached hydrogens (primary N) is 1. The van der Waals surface area contributed by atoms with Gasteiger partial charge in [0.25, 0.3) is 0 Å². The Morgan fingerprint density at radius 1 is 1.22 bits per heavy atom. The highest BCUT2D eigenvalue weighted by Gasteiger charge is 2.31. The molecule has 1 fully saturated rings. The van der Waals surface area contributed by atoms with E-state index in [2.05, 4.69) is 27.3 Å². The van der Waals surface area contributed by atoms with E-state index in [0.29, 0.717) is 47.8 Å². The number of hydrogen-bond donors (Lipinski definition) is 3. The Hall–Kier alpha value is -3.67. The number of anilines is 2. The summed E-state index contributed by atoms with van der Waals surface area (Å²) in [5, 5.41) is 17.5. The van der Waals surface area contributed by atoms with Crippen LogP contribution in [0.15, 0.2) is 18.5 Å². The van der Waals surface area contributed by atoms with Crippen LogP contribution >= 0.6 is 0 Å². The molecule has 12 nitrogen and oxygen atoms in total. The normalized spacial score (nSPS) is 16.8. The predicted octanol–water partition coefficient (Wildman–Crippen LogP) is 4.68. The number of amides is 1. The molecular weight excluding hydrogens is 524 g/mol. The number of ether oxygens (including phenoxy) is 2. The summed E-state index contributed by atoms with van der Waals surface area (Å²) in [6, 6.07) is 1.85. The molecule has 0 aliphatic carbocycles. The minimum Gasteiger partial charge on any atom is -0.495 e. The minimum absolute atomic E-state index is 0.0327. The smallest absolute Gasteiger partial charge is 0.410 e. The van der Waals surface area contributed by atoms with E-state index in [0.717, 1.165) is 44.1 Å². The largest absolute Gasteiger partial charge is 0.495 e. The lowest BCUT2D eigenvalue weighted by Crippen LogP contribution is -2.39. The molecule has 3 aromatic heterocycles. The third-order valence-electron chi connectivity index (χ3n) is 7.20. The lowest BCUT2D eigenvalue weighted by atomic mass is 10.0. The molecule has 1 aliphatic rings. The summed E-state index contributed by atoms with van der Waals surface area (Å²) < 4.78 is 13.3. The summed E-state index contributed by atoms with van der Waals surface area (Å²) in [5.74, 6) is 1.32. The Labute approximate surface area is 241 Å². The van der Waals surface area contributed by atoms with Gasteiger partial charge in [-0.15, -0.1) is 0 Å². The van der Waals surface area contributed by atoms with Crippen LogP contribution in [0.1, 0.15) is 89.9 Å². The van der Waals surface area contributed by atoms with Gasteiger partial charge in [-0.3, -0.25) is 9.67 Å². The fraction of sp³-hybridized carbons (Fsp3) is 0.621. The van der Waals surface area contributed by atoms with Gasteiger partial charge >= 0.3 is 6.09 Å². The predicted molar refractivity (Wildman–Crippen MR) is 158 cm³/mol. The fourth-order valence-electron chi connectivity index (χ4n) is 5.33. The quantitative estimate of drug-likeness (QED) is 0.314. The van der Waals surface area contributed by atoms with Gasteiger partial charge in [0.1, 0.15) is 28.1 Å². The van der Waals surface area contributed by atoms with Crippen LogP contribution in [0.3, 0.4) is 0 Å². The van der Waals surface area contributed by atoms with E-state index in [1.54, 1.807) is 18.0 Å². The van der Waals surface area contributed by atoms with Crippen molar-refractivity contribution >= 4 is 28.9 Å². The van der Waals surface area contributed by atoms with E-state index in [4.69, 9.17) is 20.2 Å². The molecule has 1 saturated heterocycles. The van der Waals surface area contributed by atoms with Crippen LogP contribution < -0.4 is 15.8 Å². The summed E-state index contributed by atoms with van der Waals surface area (Å²) in [6.07, 6.45) is 9.43. The van der Waals surface area contributed by atoms with Crippen molar-refractivity contribution in [2.24, 2.45) is 0 Å². The number of carbonyl (C=O) groups excluding carboxylic acids is 1. The van der Waals surface area contributed by atoms with Gasteiger partial charge < -0.3 is 30.5 Å². The number of likely N-dealkylation sites (tertiary alicyclic amines) is 1. The highest BCUT2D eigenvalue weighted by molar-refractivity contribution is 5.86. The summed E-state index contributed by atoms with van der Waals surface area (Å²) in [4.78, 5) is 28.6. The maximum atomic E-state index is 13.1. The molecule has 1 amide bonds. The number of aliphatic hydroxyl groups is 1. The van der Waals surface area contributed by atoms with Crippen LogP contribution in [0.4, 0.5) is 16.6 Å². The third-order valence-corrected chi connectivity index (χ3v) is 7.20. The lowest BCUT2D eigenvalue weighted by molar-refractivity contribution is 0.0162. The first-order valence-corrected chi connectivity index (χ1v) is 14.5. The maximum Gasteiger partial charge on any atom is 0.410 e. The highest BCUT2D eigenvalue weighted by atomic mass is 16.6. The minimum atomic E-state index is -0.572. The topological polar surface area (TPSA) is 154 Å². The van der Waals surface area contributed by atoms with E-state index in [1.807, 2.05) is 37.9 Å². The molecule has 4 heterocycles. The zero-order valence-corrected chi connectivity index (χ0v) is 24.9. The number of methoxy groups -OCH3 is 1. The molecule has 4 rings (SSSR count). The summed E-state index contributed by atoms with van der Waals surface area (Å²) in [7, 11) is 1.62. The van der Waals surface area contributed by atoms with Gasteiger partial charge in [0.05, 0.1) is 25.9 Å². The second-order valence-electron chi connectivity index (χ2n) is 11.6. The molecule has 0 aromatic carbocycles. The molecule has 2 unspecified atom stereocenters. The van der Waals surface area contributed by atoms with Gasteiger partial charge in [-0.25, -0.2) is 9.78 Å². The van der Waals surface area contributed by atoms with Gasteiger partial charge in [0.2, 0.25) is 5.95 Å². The molecule has 0 spiro atoms. The van der Waals surface area contributed by atoms with Gasteiger partial charge in [-0.1, -0.05) is 26.2 Å². The number of pyridine rings is 1. The van der Waals surface area contributed by atoms with Gasteiger partial charge in [-0.05, 0) is 58.1 Å². The molecular formula is C29H44N8O4. The van der Waals surface area contributed by atoms with Gasteiger partial charge in [-0.2, -0.15) is 10.1 Å². The number of aromatic nitrogens is 5. The molecule has 12 heteroatoms. The van der Waals surface area contributed by atoms with Gasteiger partial charge in [0, 0.05) is 25.4 Å². The van der Waals surface area contributed by atoms with Crippen LogP contribution in [-0.2, 0) is 11.3 Å². The fourth-order valence-corrected chi connectivity index (χ4v) is 5.33. The van der Waals surface area contributed by atoms with E-state index >= 15 is 0 Å². The average Bonchev–Trinajstić information content (AvgIpc) is 3.14. The van der Waals surface area contributed by atoms with E-state index in [-0.39, 0.29) is 30.7 Å². The maximum absolute atomic E-state index is 13.1. The monoisotopic (exact) mass is 568 g/mol. The number of aliphatic hydroxyl groups excluding tert-OH is 1. The highest BCUT2D eigenvalue weighted by Crippen LogP contribution is 2.34. The van der Waals surface area contributed by atoms with Crippen molar-refractivity contribution in [3.63, 3.8) is 0 Å². The van der Waals surface area contributed by atoms with Crippen molar-refractivity contribution in [1.29, 1.82) is 0 Å². The Balaban J connectivity index is 1.65. The van der Waals surface area contributed by atoms with Crippen molar-refractivity contribution < 1.29 is 19.4 Å². The summed E-state index contributed by atoms with van der Waals surface area (Å²) in [5.41, 5.74) is 8.34. The van der Waals surface area contributed by atoms with Crippen LogP contribution in [-0.4, -0.2) is 72.7 Å². The molecule has 1 aliphatic heterocycles. The molecule has 0 bridgehead atoms. The molecule has 4 N–H and O–H groups in total. The molecule has 41 heavy (non-hydrogen) atoms. The number of fused-ring (bicyclic) bond motifs is 1. The number of nitrogen functional groups attached to an aromatic ring is 1. The van der Waals surface area contributed by atoms with E-state index < -0.39 is 5.60 Å². The van der Waals surface area contributed by atoms with E-state index in [1.165, 1.54) is 0 Å². The number of nitrogens with zero attached hydrogens (tertiary/aromatic N) is 6. The van der Waals surface area contributed by atoms with Crippen LogP contribution in [0.2, 0.25) is 0 Å². The van der Waals surface area contributed by atoms with Crippen LogP contribution in [0.5, 0.6) is 5.75 Å². The molecule has 2 atom stereocenters. The Kier molecular flexibility index (Phi) is 9.85. The first kappa shape index (κ1) is 30.3. The molecule has 0 saturated carbocycles. The van der Waals surface area contributed by atoms with Crippen LogP contribution in [0.25, 0.3) is 11.0 Å². The van der Waals surface area contributed by atoms with Gasteiger partial charge in [0.15, 0.2) is 5.82 Å². The van der Waals surface area contributed by atoms with Crippen molar-refractivity contribution in [1.82, 2.24) is 29.6 Å². The molecule has 224 valence electrons. The Morgan fingerprint density at radius 2 is 2.02 bits per heavy atom. The molecule has 3 aromatic rings. The number of nitrogens with one attached hydrogen (secondary N) is 1. The van der Waals surface area contributed by atoms with Crippen LogP contribution in [0, 0.1) is 0 Å². The second kappa shape index (κ2) is 13.3. The second-order valence-corrected chi connectivity index (χ2v) is 11.6. The third kappa shape index (κ3) is 7.55. The Bertz CT molecular complexity index is 1320. The summed E-state index contributed by atoms with van der Waals surface area (Å²) >= 11 is 0. The number of carbonyl (C=O) groups is 1.